The summed E-state index contributed by atoms with van der Waals surface area (Å²) in [5.41, 5.74) is 0.916. The van der Waals surface area contributed by atoms with Gasteiger partial charge in [0.15, 0.2) is 11.0 Å². The molecule has 2 heterocycles. The maximum absolute atomic E-state index is 12.6. The van der Waals surface area contributed by atoms with Crippen LogP contribution in [0.4, 0.5) is 0 Å². The topological polar surface area (TPSA) is 57.0 Å². The molecule has 1 atom stereocenters. The van der Waals surface area contributed by atoms with Gasteiger partial charge in [0.1, 0.15) is 5.25 Å². The van der Waals surface area contributed by atoms with Crippen molar-refractivity contribution in [1.82, 2.24) is 14.8 Å². The number of benzene rings is 1. The van der Waals surface area contributed by atoms with Crippen molar-refractivity contribution < 1.29 is 9.53 Å². The summed E-state index contributed by atoms with van der Waals surface area (Å²) in [4.78, 5) is 13.7. The average Bonchev–Trinajstić information content (AvgIpc) is 3.19. The molecule has 1 aliphatic carbocycles. The van der Waals surface area contributed by atoms with E-state index in [4.69, 9.17) is 4.74 Å². The lowest BCUT2D eigenvalue weighted by Gasteiger charge is -2.16. The highest BCUT2D eigenvalue weighted by Gasteiger charge is 2.33. The summed E-state index contributed by atoms with van der Waals surface area (Å²) in [6.45, 7) is 2.19. The van der Waals surface area contributed by atoms with Crippen molar-refractivity contribution in [2.75, 3.05) is 6.61 Å². The van der Waals surface area contributed by atoms with Gasteiger partial charge in [-0.2, -0.15) is 0 Å². The first-order valence-corrected chi connectivity index (χ1v) is 10.4. The van der Waals surface area contributed by atoms with E-state index >= 15 is 0 Å². The molecule has 1 fully saturated rings. The fourth-order valence-electron chi connectivity index (χ4n) is 2.80. The van der Waals surface area contributed by atoms with Gasteiger partial charge in [0.2, 0.25) is 0 Å². The Labute approximate surface area is 160 Å². The van der Waals surface area contributed by atoms with Crippen molar-refractivity contribution in [3.8, 4) is 10.7 Å². The molecule has 0 spiro atoms. The van der Waals surface area contributed by atoms with Crippen LogP contribution in [0.2, 0.25) is 0 Å². The summed E-state index contributed by atoms with van der Waals surface area (Å²) in [5, 5.41) is 11.2. The summed E-state index contributed by atoms with van der Waals surface area (Å²) in [6.07, 6.45) is 2.25. The van der Waals surface area contributed by atoms with Gasteiger partial charge in [-0.05, 0) is 36.8 Å². The van der Waals surface area contributed by atoms with Crippen molar-refractivity contribution in [2.45, 2.75) is 36.2 Å². The van der Waals surface area contributed by atoms with Crippen LogP contribution in [-0.2, 0) is 9.53 Å². The van der Waals surface area contributed by atoms with Crippen LogP contribution in [0.3, 0.4) is 0 Å². The molecular formula is C19H19N3O2S2. The smallest absolute Gasteiger partial charge is 0.324 e. The molecule has 2 aromatic heterocycles. The van der Waals surface area contributed by atoms with Crippen molar-refractivity contribution in [1.29, 1.82) is 0 Å². The molecule has 0 saturated heterocycles. The second kappa shape index (κ2) is 7.63. The third kappa shape index (κ3) is 3.54. The predicted molar refractivity (Wildman–Crippen MR) is 103 cm³/mol. The first-order chi connectivity index (χ1) is 12.8. The Balaban J connectivity index is 1.69. The summed E-state index contributed by atoms with van der Waals surface area (Å²) < 4.78 is 7.50. The maximum Gasteiger partial charge on any atom is 0.324 e. The lowest BCUT2D eigenvalue weighted by Crippen LogP contribution is -2.14. The minimum Gasteiger partial charge on any atom is -0.465 e. The van der Waals surface area contributed by atoms with Gasteiger partial charge in [-0.3, -0.25) is 9.36 Å². The number of carbonyl (C=O) groups is 1. The summed E-state index contributed by atoms with van der Waals surface area (Å²) >= 11 is 3.08. The van der Waals surface area contributed by atoms with Crippen LogP contribution >= 0.6 is 23.1 Å². The summed E-state index contributed by atoms with van der Waals surface area (Å²) in [6, 6.07) is 14.2. The van der Waals surface area contributed by atoms with Gasteiger partial charge in [0, 0.05) is 6.04 Å². The van der Waals surface area contributed by atoms with Crippen LogP contribution in [0.5, 0.6) is 0 Å². The quantitative estimate of drug-likeness (QED) is 0.434. The van der Waals surface area contributed by atoms with Crippen LogP contribution in [-0.4, -0.2) is 27.3 Å². The fraction of sp³-hybridized carbons (Fsp3) is 0.316. The van der Waals surface area contributed by atoms with E-state index in [1.807, 2.05) is 48.7 Å². The van der Waals surface area contributed by atoms with Crippen LogP contribution in [0.25, 0.3) is 10.7 Å². The number of thioether (sulfide) groups is 1. The van der Waals surface area contributed by atoms with Crippen LogP contribution < -0.4 is 0 Å². The van der Waals surface area contributed by atoms with Gasteiger partial charge in [-0.15, -0.1) is 21.5 Å². The molecule has 0 aliphatic heterocycles. The van der Waals surface area contributed by atoms with E-state index in [-0.39, 0.29) is 5.97 Å². The highest BCUT2D eigenvalue weighted by molar-refractivity contribution is 8.00. The normalized spacial score (nSPS) is 15.0. The third-order valence-corrected chi connectivity index (χ3v) is 6.20. The SMILES string of the molecule is CCOC(=O)[C@H](Sc1nnc(-c2cccs2)n1C1CC1)c1ccccc1. The van der Waals surface area contributed by atoms with Gasteiger partial charge < -0.3 is 4.74 Å². The Morgan fingerprint density at radius 1 is 1.27 bits per heavy atom. The number of carbonyl (C=O) groups excluding carboxylic acids is 1. The molecule has 0 N–H and O–H groups in total. The van der Waals surface area contributed by atoms with E-state index in [0.29, 0.717) is 12.6 Å². The van der Waals surface area contributed by atoms with Crippen molar-refractivity contribution in [2.24, 2.45) is 0 Å². The fourth-order valence-corrected chi connectivity index (χ4v) is 4.61. The van der Waals surface area contributed by atoms with E-state index in [1.54, 1.807) is 11.3 Å². The lowest BCUT2D eigenvalue weighted by molar-refractivity contribution is -0.142. The molecule has 0 radical (unpaired) electrons. The highest BCUT2D eigenvalue weighted by atomic mass is 32.2. The first-order valence-electron chi connectivity index (χ1n) is 8.65. The molecular weight excluding hydrogens is 366 g/mol. The zero-order valence-corrected chi connectivity index (χ0v) is 16.0. The van der Waals surface area contributed by atoms with E-state index in [2.05, 4.69) is 20.8 Å². The average molecular weight is 386 g/mol. The zero-order chi connectivity index (χ0) is 17.9. The van der Waals surface area contributed by atoms with Gasteiger partial charge in [0.25, 0.3) is 0 Å². The van der Waals surface area contributed by atoms with Gasteiger partial charge >= 0.3 is 5.97 Å². The van der Waals surface area contributed by atoms with Gasteiger partial charge in [-0.25, -0.2) is 0 Å². The third-order valence-electron chi connectivity index (χ3n) is 4.14. The number of nitrogens with zero attached hydrogens (tertiary/aromatic N) is 3. The molecule has 1 saturated carbocycles. The molecule has 5 nitrogen and oxygen atoms in total. The summed E-state index contributed by atoms with van der Waals surface area (Å²) in [5.74, 6) is 0.646. The summed E-state index contributed by atoms with van der Waals surface area (Å²) in [7, 11) is 0. The molecule has 26 heavy (non-hydrogen) atoms. The van der Waals surface area contributed by atoms with E-state index in [0.717, 1.165) is 34.3 Å². The minimum absolute atomic E-state index is 0.244. The van der Waals surface area contributed by atoms with Crippen LogP contribution in [0.1, 0.15) is 36.6 Å². The molecule has 0 amide bonds. The number of hydrogen-bond acceptors (Lipinski definition) is 6. The Morgan fingerprint density at radius 3 is 2.73 bits per heavy atom. The number of rotatable bonds is 7. The Kier molecular flexibility index (Phi) is 5.08. The molecule has 1 aromatic carbocycles. The van der Waals surface area contributed by atoms with Crippen molar-refractivity contribution in [3.63, 3.8) is 0 Å². The molecule has 0 bridgehead atoms. The van der Waals surface area contributed by atoms with Crippen molar-refractivity contribution in [3.05, 3.63) is 53.4 Å². The lowest BCUT2D eigenvalue weighted by atomic mass is 10.1. The molecule has 134 valence electrons. The molecule has 7 heteroatoms. The number of esters is 1. The van der Waals surface area contributed by atoms with E-state index in [1.165, 1.54) is 11.8 Å². The van der Waals surface area contributed by atoms with Gasteiger partial charge in [0.05, 0.1) is 11.5 Å². The monoisotopic (exact) mass is 385 g/mol. The number of hydrogen-bond donors (Lipinski definition) is 0. The Hall–Kier alpha value is -2.12. The maximum atomic E-state index is 12.6. The second-order valence-corrected chi connectivity index (χ2v) is 8.07. The van der Waals surface area contributed by atoms with Crippen LogP contribution in [0, 0.1) is 0 Å². The van der Waals surface area contributed by atoms with Crippen LogP contribution in [0.15, 0.2) is 53.0 Å². The zero-order valence-electron chi connectivity index (χ0n) is 14.4. The minimum atomic E-state index is -0.450. The second-order valence-electron chi connectivity index (χ2n) is 6.05. The number of thiophene rings is 1. The molecule has 3 aromatic rings. The standard InChI is InChI=1S/C19H19N3O2S2/c1-2-24-18(23)16(13-7-4-3-5-8-13)26-19-21-20-17(15-9-6-12-25-15)22(19)14-10-11-14/h3-9,12,14,16H,2,10-11H2,1H3/t16-/m1/s1. The first kappa shape index (κ1) is 17.3. The van der Waals surface area contributed by atoms with Gasteiger partial charge in [-0.1, -0.05) is 48.2 Å². The van der Waals surface area contributed by atoms with E-state index in [9.17, 15) is 4.79 Å². The Morgan fingerprint density at radius 2 is 2.08 bits per heavy atom. The molecule has 0 unspecified atom stereocenters. The number of aromatic nitrogens is 3. The molecule has 4 rings (SSSR count). The highest BCUT2D eigenvalue weighted by Crippen LogP contribution is 2.44. The Bertz CT molecular complexity index is 874. The number of ether oxygens (including phenoxy) is 1. The van der Waals surface area contributed by atoms with E-state index < -0.39 is 5.25 Å². The molecule has 1 aliphatic rings. The van der Waals surface area contributed by atoms with Crippen molar-refractivity contribution >= 4 is 29.1 Å². The predicted octanol–water partition coefficient (Wildman–Crippen LogP) is 4.74. The largest absolute Gasteiger partial charge is 0.465 e.